The summed E-state index contributed by atoms with van der Waals surface area (Å²) < 4.78 is 7.10. The minimum Gasteiger partial charge on any atom is -0.460 e. The summed E-state index contributed by atoms with van der Waals surface area (Å²) in [5.41, 5.74) is 0.737. The fourth-order valence-corrected chi connectivity index (χ4v) is 1.70. The molecular formula is C9H8BrN3O2. The highest BCUT2D eigenvalue weighted by molar-refractivity contribution is 9.10. The Kier molecular flexibility index (Phi) is 2.68. The molecule has 0 aromatic carbocycles. The number of hydrogen-bond acceptors (Lipinski definition) is 4. The maximum Gasteiger partial charge on any atom is 0.374 e. The van der Waals surface area contributed by atoms with Gasteiger partial charge in [-0.3, -0.25) is 9.38 Å². The van der Waals surface area contributed by atoms with Gasteiger partial charge in [-0.15, -0.1) is 0 Å². The second-order valence-corrected chi connectivity index (χ2v) is 3.53. The normalized spacial score (nSPS) is 10.5. The molecule has 0 amide bonds. The van der Waals surface area contributed by atoms with Gasteiger partial charge in [-0.2, -0.15) is 0 Å². The van der Waals surface area contributed by atoms with Gasteiger partial charge in [-0.1, -0.05) is 0 Å². The zero-order valence-corrected chi connectivity index (χ0v) is 9.56. The van der Waals surface area contributed by atoms with E-state index in [1.54, 1.807) is 29.9 Å². The Morgan fingerprint density at radius 3 is 3.20 bits per heavy atom. The van der Waals surface area contributed by atoms with Crippen LogP contribution < -0.4 is 0 Å². The van der Waals surface area contributed by atoms with E-state index in [1.807, 2.05) is 0 Å². The molecule has 78 valence electrons. The Morgan fingerprint density at radius 1 is 1.67 bits per heavy atom. The van der Waals surface area contributed by atoms with Gasteiger partial charge in [0.05, 0.1) is 18.3 Å². The highest BCUT2D eigenvalue weighted by Gasteiger charge is 2.16. The first-order chi connectivity index (χ1) is 7.24. The zero-order valence-electron chi connectivity index (χ0n) is 7.98. The van der Waals surface area contributed by atoms with Crippen LogP contribution in [0.3, 0.4) is 0 Å². The number of aromatic nitrogens is 3. The van der Waals surface area contributed by atoms with Crippen LogP contribution in [-0.4, -0.2) is 26.9 Å². The van der Waals surface area contributed by atoms with Gasteiger partial charge in [0.25, 0.3) is 0 Å². The van der Waals surface area contributed by atoms with Crippen molar-refractivity contribution in [1.29, 1.82) is 0 Å². The summed E-state index contributed by atoms with van der Waals surface area (Å²) in [6.45, 7) is 2.08. The van der Waals surface area contributed by atoms with Crippen LogP contribution in [0.2, 0.25) is 0 Å². The van der Waals surface area contributed by atoms with E-state index >= 15 is 0 Å². The van der Waals surface area contributed by atoms with Crippen LogP contribution in [0.1, 0.15) is 17.5 Å². The van der Waals surface area contributed by atoms with E-state index in [0.717, 1.165) is 5.52 Å². The molecule has 0 saturated carbocycles. The van der Waals surface area contributed by atoms with E-state index < -0.39 is 5.97 Å². The molecule has 6 heteroatoms. The van der Waals surface area contributed by atoms with Crippen LogP contribution in [0.15, 0.2) is 23.2 Å². The number of imidazole rings is 1. The summed E-state index contributed by atoms with van der Waals surface area (Å²) in [6, 6.07) is 0. The van der Waals surface area contributed by atoms with Crippen molar-refractivity contribution in [1.82, 2.24) is 14.4 Å². The molecule has 0 spiro atoms. The van der Waals surface area contributed by atoms with Gasteiger partial charge in [0.15, 0.2) is 0 Å². The third-order valence-electron chi connectivity index (χ3n) is 1.86. The van der Waals surface area contributed by atoms with Crippen LogP contribution in [0.4, 0.5) is 0 Å². The maximum absolute atomic E-state index is 11.5. The van der Waals surface area contributed by atoms with Gasteiger partial charge in [-0.25, -0.2) is 9.78 Å². The van der Waals surface area contributed by atoms with Gasteiger partial charge >= 0.3 is 5.97 Å². The molecular weight excluding hydrogens is 262 g/mol. The third kappa shape index (κ3) is 1.72. The van der Waals surface area contributed by atoms with E-state index in [-0.39, 0.29) is 5.82 Å². The summed E-state index contributed by atoms with van der Waals surface area (Å²) >= 11 is 3.26. The first kappa shape index (κ1) is 10.1. The Morgan fingerprint density at radius 2 is 2.47 bits per heavy atom. The average molecular weight is 270 g/mol. The SMILES string of the molecule is CCOC(=O)c1nc(Br)c2cnccn12. The van der Waals surface area contributed by atoms with E-state index in [0.29, 0.717) is 11.2 Å². The lowest BCUT2D eigenvalue weighted by molar-refractivity contribution is 0.0511. The van der Waals surface area contributed by atoms with Crippen molar-refractivity contribution in [3.8, 4) is 0 Å². The summed E-state index contributed by atoms with van der Waals surface area (Å²) in [4.78, 5) is 19.5. The van der Waals surface area contributed by atoms with Crippen molar-refractivity contribution >= 4 is 27.4 Å². The summed E-state index contributed by atoms with van der Waals surface area (Å²) in [7, 11) is 0. The van der Waals surface area contributed by atoms with Gasteiger partial charge in [0, 0.05) is 12.4 Å². The minimum atomic E-state index is -0.440. The molecule has 0 N–H and O–H groups in total. The molecule has 2 heterocycles. The highest BCUT2D eigenvalue weighted by atomic mass is 79.9. The lowest BCUT2D eigenvalue weighted by atomic mass is 10.5. The van der Waals surface area contributed by atoms with E-state index in [4.69, 9.17) is 4.74 Å². The number of nitrogens with zero attached hydrogens (tertiary/aromatic N) is 3. The average Bonchev–Trinajstić information content (AvgIpc) is 2.58. The number of fused-ring (bicyclic) bond motifs is 1. The van der Waals surface area contributed by atoms with Crippen LogP contribution in [0.5, 0.6) is 0 Å². The van der Waals surface area contributed by atoms with Crippen molar-refractivity contribution in [3.05, 3.63) is 29.0 Å². The van der Waals surface area contributed by atoms with Crippen LogP contribution in [0, 0.1) is 0 Å². The quantitative estimate of drug-likeness (QED) is 0.779. The van der Waals surface area contributed by atoms with Gasteiger partial charge in [0.2, 0.25) is 5.82 Å². The number of carbonyl (C=O) groups is 1. The standard InChI is InChI=1S/C9H8BrN3O2/c1-2-15-9(14)8-12-7(10)6-5-11-3-4-13(6)8/h3-5H,2H2,1H3. The molecule has 0 bridgehead atoms. The van der Waals surface area contributed by atoms with Crippen LogP contribution >= 0.6 is 15.9 Å². The van der Waals surface area contributed by atoms with Crippen molar-refractivity contribution in [2.24, 2.45) is 0 Å². The predicted octanol–water partition coefficient (Wildman–Crippen LogP) is 1.67. The molecule has 5 nitrogen and oxygen atoms in total. The van der Waals surface area contributed by atoms with Gasteiger partial charge < -0.3 is 4.74 Å². The number of carbonyl (C=O) groups excluding carboxylic acids is 1. The largest absolute Gasteiger partial charge is 0.460 e. The van der Waals surface area contributed by atoms with Crippen molar-refractivity contribution in [3.63, 3.8) is 0 Å². The lowest BCUT2D eigenvalue weighted by Crippen LogP contribution is -2.09. The molecule has 2 rings (SSSR count). The number of rotatable bonds is 2. The Balaban J connectivity index is 2.57. The van der Waals surface area contributed by atoms with E-state index in [2.05, 4.69) is 25.9 Å². The first-order valence-corrected chi connectivity index (χ1v) is 5.18. The molecule has 2 aromatic heterocycles. The second kappa shape index (κ2) is 3.98. The second-order valence-electron chi connectivity index (χ2n) is 2.78. The topological polar surface area (TPSA) is 56.5 Å². The molecule has 0 saturated heterocycles. The number of ether oxygens (including phenoxy) is 1. The fourth-order valence-electron chi connectivity index (χ4n) is 1.24. The number of esters is 1. The molecule has 15 heavy (non-hydrogen) atoms. The molecule has 2 aromatic rings. The lowest BCUT2D eigenvalue weighted by Gasteiger charge is -1.99. The molecule has 0 unspecified atom stereocenters. The Bertz CT molecular complexity index is 509. The van der Waals surface area contributed by atoms with Crippen molar-refractivity contribution < 1.29 is 9.53 Å². The summed E-state index contributed by atoms with van der Waals surface area (Å²) in [5.74, 6) is -0.189. The van der Waals surface area contributed by atoms with Crippen molar-refractivity contribution in [2.45, 2.75) is 6.92 Å². The van der Waals surface area contributed by atoms with Crippen molar-refractivity contribution in [2.75, 3.05) is 6.61 Å². The van der Waals surface area contributed by atoms with Gasteiger partial charge in [-0.05, 0) is 22.9 Å². The Hall–Kier alpha value is -1.43. The van der Waals surface area contributed by atoms with Crippen LogP contribution in [0.25, 0.3) is 5.52 Å². The van der Waals surface area contributed by atoms with Gasteiger partial charge in [0.1, 0.15) is 4.60 Å². The first-order valence-electron chi connectivity index (χ1n) is 4.38. The van der Waals surface area contributed by atoms with Crippen LogP contribution in [-0.2, 0) is 4.74 Å². The molecule has 0 aliphatic rings. The molecule has 0 aliphatic carbocycles. The summed E-state index contributed by atoms with van der Waals surface area (Å²) in [5, 5.41) is 0. The Labute approximate surface area is 94.2 Å². The predicted molar refractivity (Wildman–Crippen MR) is 56.6 cm³/mol. The monoisotopic (exact) mass is 269 g/mol. The van der Waals surface area contributed by atoms with E-state index in [9.17, 15) is 4.79 Å². The maximum atomic E-state index is 11.5. The smallest absolute Gasteiger partial charge is 0.374 e. The zero-order chi connectivity index (χ0) is 10.8. The molecule has 0 atom stereocenters. The third-order valence-corrected chi connectivity index (χ3v) is 2.44. The molecule has 0 aliphatic heterocycles. The summed E-state index contributed by atoms with van der Waals surface area (Å²) in [6.07, 6.45) is 4.88. The molecule has 0 radical (unpaired) electrons. The number of hydrogen-bond donors (Lipinski definition) is 0. The minimum absolute atomic E-state index is 0.251. The molecule has 0 fully saturated rings. The number of halogens is 1. The fraction of sp³-hybridized carbons (Fsp3) is 0.222. The van der Waals surface area contributed by atoms with E-state index in [1.165, 1.54) is 0 Å². The highest BCUT2D eigenvalue weighted by Crippen LogP contribution is 2.17.